The monoisotopic (exact) mass is 188 g/mol. The molecule has 0 N–H and O–H groups in total. The minimum Gasteiger partial charge on any atom is -0.446 e. The molecule has 68 valence electrons. The first kappa shape index (κ1) is 11.2. The van der Waals surface area contributed by atoms with Gasteiger partial charge < -0.3 is 4.74 Å². The Morgan fingerprint density at radius 1 is 1.58 bits per heavy atom. The summed E-state index contributed by atoms with van der Waals surface area (Å²) in [5.41, 5.74) is 0.539. The molecule has 0 aromatic carbocycles. The number of hydrogen-bond donors (Lipinski definition) is 0. The third-order valence-corrected chi connectivity index (χ3v) is 1.37. The molecule has 0 heterocycles. The second kappa shape index (κ2) is 6.92. The van der Waals surface area contributed by atoms with Crippen LogP contribution in [0.5, 0.6) is 0 Å². The van der Waals surface area contributed by atoms with Crippen LogP contribution in [0.1, 0.15) is 20.3 Å². The molecular formula is C9H13ClO2. The van der Waals surface area contributed by atoms with Crippen LogP contribution in [0, 0.1) is 0 Å². The van der Waals surface area contributed by atoms with E-state index in [1.165, 1.54) is 0 Å². The third kappa shape index (κ3) is 4.19. The van der Waals surface area contributed by atoms with E-state index in [2.05, 4.69) is 4.74 Å². The maximum Gasteiger partial charge on any atom is 0.338 e. The lowest BCUT2D eigenvalue weighted by Gasteiger charge is -1.99. The molecule has 0 unspecified atom stereocenters. The van der Waals surface area contributed by atoms with Crippen molar-refractivity contribution in [3.05, 3.63) is 23.8 Å². The lowest BCUT2D eigenvalue weighted by Crippen LogP contribution is -2.04. The van der Waals surface area contributed by atoms with E-state index in [1.807, 2.05) is 13.0 Å². The van der Waals surface area contributed by atoms with Crippen LogP contribution >= 0.6 is 11.6 Å². The number of allylic oxidation sites excluding steroid dienone is 2. The predicted molar refractivity (Wildman–Crippen MR) is 50.0 cm³/mol. The molecule has 0 saturated carbocycles. The standard InChI is InChI=1S/C9H13ClO2/c1-3-5-6-8(4-2)9(11)12-7-10/h4-6H,3,7H2,1-2H3/b6-5-,8-4+. The average molecular weight is 189 g/mol. The first-order chi connectivity index (χ1) is 5.76. The summed E-state index contributed by atoms with van der Waals surface area (Å²) in [6.45, 7) is 3.78. The second-order valence-corrected chi connectivity index (χ2v) is 2.31. The Hall–Kier alpha value is -0.760. The zero-order valence-electron chi connectivity index (χ0n) is 7.34. The van der Waals surface area contributed by atoms with Gasteiger partial charge in [-0.15, -0.1) is 0 Å². The number of esters is 1. The molecule has 0 atom stereocenters. The first-order valence-corrected chi connectivity index (χ1v) is 4.35. The highest BCUT2D eigenvalue weighted by Gasteiger charge is 2.04. The van der Waals surface area contributed by atoms with Gasteiger partial charge >= 0.3 is 5.97 Å². The minimum absolute atomic E-state index is 0.101. The zero-order chi connectivity index (χ0) is 9.40. The van der Waals surface area contributed by atoms with E-state index in [0.29, 0.717) is 5.57 Å². The fourth-order valence-electron chi connectivity index (χ4n) is 0.660. The Labute approximate surface area is 77.9 Å². The molecule has 0 bridgehead atoms. The van der Waals surface area contributed by atoms with Gasteiger partial charge in [-0.05, 0) is 13.3 Å². The summed E-state index contributed by atoms with van der Waals surface area (Å²) in [6, 6.07) is -0.101. The Bertz CT molecular complexity index is 195. The summed E-state index contributed by atoms with van der Waals surface area (Å²) >= 11 is 5.24. The molecule has 2 nitrogen and oxygen atoms in total. The summed E-state index contributed by atoms with van der Waals surface area (Å²) in [7, 11) is 0. The van der Waals surface area contributed by atoms with Crippen LogP contribution in [0.15, 0.2) is 23.8 Å². The van der Waals surface area contributed by atoms with Gasteiger partial charge in [-0.1, -0.05) is 36.8 Å². The highest BCUT2D eigenvalue weighted by atomic mass is 35.5. The van der Waals surface area contributed by atoms with Gasteiger partial charge in [0.2, 0.25) is 0 Å². The van der Waals surface area contributed by atoms with Crippen molar-refractivity contribution in [1.29, 1.82) is 0 Å². The van der Waals surface area contributed by atoms with Crippen LogP contribution in [-0.2, 0) is 9.53 Å². The lowest BCUT2D eigenvalue weighted by molar-refractivity contribution is -0.136. The molecule has 0 radical (unpaired) electrons. The molecule has 0 amide bonds. The van der Waals surface area contributed by atoms with E-state index in [0.717, 1.165) is 6.42 Å². The Kier molecular flexibility index (Phi) is 6.48. The fourth-order valence-corrected chi connectivity index (χ4v) is 0.759. The summed E-state index contributed by atoms with van der Waals surface area (Å²) in [5, 5.41) is 0. The van der Waals surface area contributed by atoms with Crippen LogP contribution in [0.25, 0.3) is 0 Å². The van der Waals surface area contributed by atoms with Crippen molar-refractivity contribution in [2.75, 3.05) is 6.07 Å². The van der Waals surface area contributed by atoms with Crippen LogP contribution in [0.2, 0.25) is 0 Å². The van der Waals surface area contributed by atoms with Crippen molar-refractivity contribution in [1.82, 2.24) is 0 Å². The SMILES string of the molecule is C/C=C(\C=C/CC)C(=O)OCCl. The fraction of sp³-hybridized carbons (Fsp3) is 0.444. The van der Waals surface area contributed by atoms with Gasteiger partial charge in [-0.25, -0.2) is 4.79 Å². The molecule has 0 aliphatic carbocycles. The van der Waals surface area contributed by atoms with Crippen LogP contribution < -0.4 is 0 Å². The van der Waals surface area contributed by atoms with Crippen molar-refractivity contribution in [3.63, 3.8) is 0 Å². The number of carbonyl (C=O) groups is 1. The Morgan fingerprint density at radius 2 is 2.25 bits per heavy atom. The smallest absolute Gasteiger partial charge is 0.338 e. The van der Waals surface area contributed by atoms with Crippen molar-refractivity contribution in [3.8, 4) is 0 Å². The molecule has 0 fully saturated rings. The van der Waals surface area contributed by atoms with Gasteiger partial charge in [0, 0.05) is 0 Å². The largest absolute Gasteiger partial charge is 0.446 e. The predicted octanol–water partition coefficient (Wildman–Crippen LogP) is 2.64. The van der Waals surface area contributed by atoms with Gasteiger partial charge in [-0.3, -0.25) is 0 Å². The van der Waals surface area contributed by atoms with Crippen LogP contribution in [0.3, 0.4) is 0 Å². The number of rotatable bonds is 4. The summed E-state index contributed by atoms with van der Waals surface area (Å²) < 4.78 is 4.60. The molecule has 0 rings (SSSR count). The first-order valence-electron chi connectivity index (χ1n) is 3.82. The molecule has 0 aromatic rings. The number of ether oxygens (including phenoxy) is 1. The topological polar surface area (TPSA) is 26.3 Å². The lowest BCUT2D eigenvalue weighted by atomic mass is 10.2. The van der Waals surface area contributed by atoms with Crippen molar-refractivity contribution < 1.29 is 9.53 Å². The van der Waals surface area contributed by atoms with E-state index in [1.54, 1.807) is 19.1 Å². The van der Waals surface area contributed by atoms with E-state index in [4.69, 9.17) is 11.6 Å². The Morgan fingerprint density at radius 3 is 2.67 bits per heavy atom. The normalized spacial score (nSPS) is 12.1. The highest BCUT2D eigenvalue weighted by Crippen LogP contribution is 2.01. The molecule has 12 heavy (non-hydrogen) atoms. The Balaban J connectivity index is 4.17. The molecular weight excluding hydrogens is 176 g/mol. The molecule has 0 aliphatic rings. The number of hydrogen-bond acceptors (Lipinski definition) is 2. The maximum atomic E-state index is 11.1. The van der Waals surface area contributed by atoms with Crippen molar-refractivity contribution in [2.45, 2.75) is 20.3 Å². The molecule has 0 saturated heterocycles. The van der Waals surface area contributed by atoms with E-state index < -0.39 is 0 Å². The number of carbonyl (C=O) groups excluding carboxylic acids is 1. The van der Waals surface area contributed by atoms with Crippen LogP contribution in [0.4, 0.5) is 0 Å². The summed E-state index contributed by atoms with van der Waals surface area (Å²) in [4.78, 5) is 11.1. The average Bonchev–Trinajstić information content (AvgIpc) is 2.06. The zero-order valence-corrected chi connectivity index (χ0v) is 8.10. The number of halogens is 1. The quantitative estimate of drug-likeness (QED) is 0.294. The summed E-state index contributed by atoms with van der Waals surface area (Å²) in [5.74, 6) is -0.378. The molecule has 3 heteroatoms. The van der Waals surface area contributed by atoms with E-state index >= 15 is 0 Å². The maximum absolute atomic E-state index is 11.1. The van der Waals surface area contributed by atoms with Gasteiger partial charge in [0.25, 0.3) is 0 Å². The van der Waals surface area contributed by atoms with Gasteiger partial charge in [0.05, 0.1) is 5.57 Å². The van der Waals surface area contributed by atoms with E-state index in [9.17, 15) is 4.79 Å². The molecule has 0 spiro atoms. The second-order valence-electron chi connectivity index (χ2n) is 2.10. The molecule has 0 aliphatic heterocycles. The third-order valence-electron chi connectivity index (χ3n) is 1.27. The summed E-state index contributed by atoms with van der Waals surface area (Å²) in [6.07, 6.45) is 6.21. The van der Waals surface area contributed by atoms with Gasteiger partial charge in [0.1, 0.15) is 0 Å². The van der Waals surface area contributed by atoms with E-state index in [-0.39, 0.29) is 12.0 Å². The van der Waals surface area contributed by atoms with Gasteiger partial charge in [0.15, 0.2) is 6.07 Å². The van der Waals surface area contributed by atoms with Crippen molar-refractivity contribution in [2.24, 2.45) is 0 Å². The number of alkyl halides is 1. The van der Waals surface area contributed by atoms with Gasteiger partial charge in [-0.2, -0.15) is 0 Å². The highest BCUT2D eigenvalue weighted by molar-refractivity contribution is 6.17. The molecule has 0 aromatic heterocycles. The minimum atomic E-state index is -0.378. The van der Waals surface area contributed by atoms with Crippen molar-refractivity contribution >= 4 is 17.6 Å². The van der Waals surface area contributed by atoms with Crippen LogP contribution in [-0.4, -0.2) is 12.0 Å².